The minimum Gasteiger partial charge on any atom is -0.330 e. The largest absolute Gasteiger partial charge is 0.330 e. The summed E-state index contributed by atoms with van der Waals surface area (Å²) < 4.78 is 0. The number of nitrogens with two attached hydrogens (primary N) is 1. The van der Waals surface area contributed by atoms with Gasteiger partial charge in [-0.2, -0.15) is 0 Å². The number of nitrogens with zero attached hydrogens (tertiary/aromatic N) is 1. The van der Waals surface area contributed by atoms with Crippen molar-refractivity contribution in [3.63, 3.8) is 0 Å². The molecule has 0 aromatic carbocycles. The molecular formula is C11H13N3OS2. The first-order chi connectivity index (χ1) is 8.29. The molecule has 17 heavy (non-hydrogen) atoms. The molecule has 0 aliphatic heterocycles. The van der Waals surface area contributed by atoms with Gasteiger partial charge in [0.25, 0.3) is 5.56 Å². The summed E-state index contributed by atoms with van der Waals surface area (Å²) >= 11 is 3.11. The van der Waals surface area contributed by atoms with Crippen molar-refractivity contribution in [2.75, 3.05) is 12.3 Å². The second-order valence-electron chi connectivity index (χ2n) is 3.40. The van der Waals surface area contributed by atoms with Gasteiger partial charge < -0.3 is 10.7 Å². The molecule has 2 heterocycles. The monoisotopic (exact) mass is 267 g/mol. The van der Waals surface area contributed by atoms with Crippen LogP contribution in [0.25, 0.3) is 10.6 Å². The minimum absolute atomic E-state index is 0.112. The average Bonchev–Trinajstić information content (AvgIpc) is 2.82. The number of hydrogen-bond acceptors (Lipinski definition) is 5. The number of H-pyrrole nitrogens is 1. The number of thioether (sulfide) groups is 1. The molecule has 6 heteroatoms. The Morgan fingerprint density at radius 3 is 3.12 bits per heavy atom. The molecule has 0 amide bonds. The maximum atomic E-state index is 11.5. The lowest BCUT2D eigenvalue weighted by molar-refractivity contribution is 0.917. The van der Waals surface area contributed by atoms with Crippen LogP contribution in [-0.4, -0.2) is 22.3 Å². The fourth-order valence-electron chi connectivity index (χ4n) is 1.31. The van der Waals surface area contributed by atoms with Crippen molar-refractivity contribution < 1.29 is 0 Å². The van der Waals surface area contributed by atoms with E-state index in [1.54, 1.807) is 11.3 Å². The van der Waals surface area contributed by atoms with Crippen molar-refractivity contribution in [1.29, 1.82) is 0 Å². The molecule has 0 atom stereocenters. The van der Waals surface area contributed by atoms with Crippen LogP contribution in [0.5, 0.6) is 0 Å². The van der Waals surface area contributed by atoms with E-state index in [9.17, 15) is 4.79 Å². The number of hydrogen-bond donors (Lipinski definition) is 2. The molecule has 0 bridgehead atoms. The van der Waals surface area contributed by atoms with Crippen molar-refractivity contribution in [2.45, 2.75) is 11.6 Å². The van der Waals surface area contributed by atoms with E-state index in [0.717, 1.165) is 22.7 Å². The fourth-order valence-corrected chi connectivity index (χ4v) is 2.83. The molecule has 3 N–H and O–H groups in total. The predicted molar refractivity (Wildman–Crippen MR) is 72.6 cm³/mol. The van der Waals surface area contributed by atoms with Crippen molar-refractivity contribution in [2.24, 2.45) is 5.73 Å². The van der Waals surface area contributed by atoms with Crippen LogP contribution in [0.4, 0.5) is 0 Å². The molecule has 4 nitrogen and oxygen atoms in total. The highest BCUT2D eigenvalue weighted by Gasteiger charge is 2.05. The number of nitrogens with one attached hydrogen (secondary N) is 1. The first-order valence-corrected chi connectivity index (χ1v) is 7.14. The highest BCUT2D eigenvalue weighted by Crippen LogP contribution is 2.23. The van der Waals surface area contributed by atoms with Gasteiger partial charge in [0, 0.05) is 11.8 Å². The van der Waals surface area contributed by atoms with Gasteiger partial charge in [-0.3, -0.25) is 4.79 Å². The Morgan fingerprint density at radius 1 is 1.53 bits per heavy atom. The van der Waals surface area contributed by atoms with Crippen LogP contribution in [0.2, 0.25) is 0 Å². The summed E-state index contributed by atoms with van der Waals surface area (Å²) in [5.74, 6) is 0.868. The summed E-state index contributed by atoms with van der Waals surface area (Å²) in [4.78, 5) is 19.7. The van der Waals surface area contributed by atoms with Crippen LogP contribution < -0.4 is 11.3 Å². The molecule has 0 aliphatic rings. The highest BCUT2D eigenvalue weighted by atomic mass is 32.2. The molecule has 2 aromatic rings. The minimum atomic E-state index is -0.112. The van der Waals surface area contributed by atoms with Gasteiger partial charge >= 0.3 is 0 Å². The third-order valence-electron chi connectivity index (χ3n) is 2.08. The van der Waals surface area contributed by atoms with Gasteiger partial charge in [-0.05, 0) is 24.4 Å². The van der Waals surface area contributed by atoms with Crippen molar-refractivity contribution in [3.8, 4) is 10.6 Å². The van der Waals surface area contributed by atoms with E-state index in [1.165, 1.54) is 17.8 Å². The lowest BCUT2D eigenvalue weighted by Gasteiger charge is -2.01. The van der Waals surface area contributed by atoms with Crippen LogP contribution >= 0.6 is 23.1 Å². The zero-order chi connectivity index (χ0) is 12.1. The lowest BCUT2D eigenvalue weighted by atomic mass is 10.3. The second-order valence-corrected chi connectivity index (χ2v) is 5.44. The van der Waals surface area contributed by atoms with E-state index in [1.807, 2.05) is 17.5 Å². The standard InChI is InChI=1S/C11H13N3OS2/c12-4-2-6-17-11-13-8(7-10(15)14-11)9-3-1-5-16-9/h1,3,5,7H,2,4,6,12H2,(H,13,14,15). The lowest BCUT2D eigenvalue weighted by Crippen LogP contribution is -2.08. The van der Waals surface area contributed by atoms with Gasteiger partial charge in [0.15, 0.2) is 5.16 Å². The van der Waals surface area contributed by atoms with Crippen LogP contribution in [0.15, 0.2) is 33.5 Å². The summed E-state index contributed by atoms with van der Waals surface area (Å²) in [7, 11) is 0. The van der Waals surface area contributed by atoms with Gasteiger partial charge in [-0.15, -0.1) is 11.3 Å². The third kappa shape index (κ3) is 3.42. The molecule has 0 radical (unpaired) electrons. The summed E-state index contributed by atoms with van der Waals surface area (Å²) in [6.07, 6.45) is 0.914. The second kappa shape index (κ2) is 6.00. The summed E-state index contributed by atoms with van der Waals surface area (Å²) in [5.41, 5.74) is 6.05. The first-order valence-electron chi connectivity index (χ1n) is 5.27. The summed E-state index contributed by atoms with van der Waals surface area (Å²) in [6, 6.07) is 5.43. The quantitative estimate of drug-likeness (QED) is 0.493. The van der Waals surface area contributed by atoms with E-state index >= 15 is 0 Å². The Hall–Kier alpha value is -1.11. The van der Waals surface area contributed by atoms with Gasteiger partial charge in [0.05, 0.1) is 10.6 Å². The van der Waals surface area contributed by atoms with Crippen LogP contribution in [0.3, 0.4) is 0 Å². The first kappa shape index (κ1) is 12.3. The zero-order valence-corrected chi connectivity index (χ0v) is 10.8. The maximum absolute atomic E-state index is 11.5. The molecule has 2 rings (SSSR count). The molecule has 0 aliphatic carbocycles. The smallest absolute Gasteiger partial charge is 0.252 e. The summed E-state index contributed by atoms with van der Waals surface area (Å²) in [5, 5.41) is 2.63. The SMILES string of the molecule is NCCCSc1nc(-c2cccs2)cc(=O)[nH]1. The molecule has 0 saturated heterocycles. The average molecular weight is 267 g/mol. The van der Waals surface area contributed by atoms with Gasteiger partial charge in [-0.1, -0.05) is 17.8 Å². The molecule has 0 unspecified atom stereocenters. The third-order valence-corrected chi connectivity index (χ3v) is 3.93. The molecule has 0 spiro atoms. The van der Waals surface area contributed by atoms with E-state index < -0.39 is 0 Å². The highest BCUT2D eigenvalue weighted by molar-refractivity contribution is 7.99. The molecule has 90 valence electrons. The van der Waals surface area contributed by atoms with E-state index in [4.69, 9.17) is 5.73 Å². The normalized spacial score (nSPS) is 10.6. The van der Waals surface area contributed by atoms with E-state index in [0.29, 0.717) is 11.7 Å². The van der Waals surface area contributed by atoms with Gasteiger partial charge in [0.2, 0.25) is 0 Å². The fraction of sp³-hybridized carbons (Fsp3) is 0.273. The van der Waals surface area contributed by atoms with Crippen molar-refractivity contribution in [1.82, 2.24) is 9.97 Å². The van der Waals surface area contributed by atoms with Gasteiger partial charge in [0.1, 0.15) is 0 Å². The van der Waals surface area contributed by atoms with Crippen LogP contribution in [0.1, 0.15) is 6.42 Å². The Balaban J connectivity index is 2.21. The molecule has 0 saturated carbocycles. The summed E-state index contributed by atoms with van der Waals surface area (Å²) in [6.45, 7) is 0.655. The predicted octanol–water partition coefficient (Wildman–Crippen LogP) is 1.94. The number of rotatable bonds is 5. The zero-order valence-electron chi connectivity index (χ0n) is 9.18. The molecular weight excluding hydrogens is 254 g/mol. The van der Waals surface area contributed by atoms with Crippen molar-refractivity contribution >= 4 is 23.1 Å². The maximum Gasteiger partial charge on any atom is 0.252 e. The molecule has 0 fully saturated rings. The van der Waals surface area contributed by atoms with Crippen molar-refractivity contribution in [3.05, 3.63) is 33.9 Å². The topological polar surface area (TPSA) is 71.8 Å². The van der Waals surface area contributed by atoms with E-state index in [2.05, 4.69) is 9.97 Å². The van der Waals surface area contributed by atoms with E-state index in [-0.39, 0.29) is 5.56 Å². The van der Waals surface area contributed by atoms with Crippen LogP contribution in [0, 0.1) is 0 Å². The Bertz CT molecular complexity index is 522. The van der Waals surface area contributed by atoms with Gasteiger partial charge in [-0.25, -0.2) is 4.98 Å². The number of aromatic nitrogens is 2. The Kier molecular flexibility index (Phi) is 4.36. The Morgan fingerprint density at radius 2 is 2.41 bits per heavy atom. The van der Waals surface area contributed by atoms with Crippen LogP contribution in [-0.2, 0) is 0 Å². The number of thiophene rings is 1. The number of aromatic amines is 1. The Labute approximate surface area is 107 Å². The molecule has 2 aromatic heterocycles.